The third-order valence-corrected chi connectivity index (χ3v) is 6.01. The molecule has 1 fully saturated rings. The van der Waals surface area contributed by atoms with Gasteiger partial charge in [0.25, 0.3) is 0 Å². The maximum Gasteiger partial charge on any atom is 0.240 e. The minimum absolute atomic E-state index is 0.232. The van der Waals surface area contributed by atoms with Crippen molar-refractivity contribution in [2.45, 2.75) is 52.0 Å². The highest BCUT2D eigenvalue weighted by molar-refractivity contribution is 5.82. The van der Waals surface area contributed by atoms with E-state index in [9.17, 15) is 15.0 Å². The molecule has 188 valence electrons. The largest absolute Gasteiger partial charge is 0.396 e. The summed E-state index contributed by atoms with van der Waals surface area (Å²) in [6, 6.07) is 15.1. The van der Waals surface area contributed by atoms with Gasteiger partial charge in [-0.1, -0.05) is 41.7 Å². The monoisotopic (exact) mass is 480 g/mol. The highest BCUT2D eigenvalue weighted by Crippen LogP contribution is 2.31. The molecule has 3 N–H and O–H groups in total. The van der Waals surface area contributed by atoms with Crippen molar-refractivity contribution < 1.29 is 24.6 Å². The Kier molecular flexibility index (Phi) is 10.3. The first kappa shape index (κ1) is 26.9. The molecule has 4 atom stereocenters. The Hall–Kier alpha value is -2.73. The molecule has 0 unspecified atom stereocenters. The predicted octanol–water partition coefficient (Wildman–Crippen LogP) is 2.41. The van der Waals surface area contributed by atoms with Gasteiger partial charge in [0.2, 0.25) is 5.91 Å². The lowest BCUT2D eigenvalue weighted by Crippen LogP contribution is -2.47. The van der Waals surface area contributed by atoms with E-state index in [0.717, 1.165) is 16.7 Å². The van der Waals surface area contributed by atoms with Crippen LogP contribution in [0.3, 0.4) is 0 Å². The number of carbonyl (C=O) groups is 1. The average Bonchev–Trinajstić information content (AvgIpc) is 3.23. The lowest BCUT2D eigenvalue weighted by Gasteiger charge is -2.24. The molecule has 0 spiro atoms. The number of aliphatic hydroxyl groups excluding tert-OH is 2. The molecule has 7 nitrogen and oxygen atoms in total. The predicted molar refractivity (Wildman–Crippen MR) is 134 cm³/mol. The fourth-order valence-corrected chi connectivity index (χ4v) is 4.09. The molecule has 7 heteroatoms. The van der Waals surface area contributed by atoms with Crippen LogP contribution < -0.4 is 5.32 Å². The van der Waals surface area contributed by atoms with Gasteiger partial charge in [-0.05, 0) is 57.0 Å². The molecule has 0 bridgehead atoms. The van der Waals surface area contributed by atoms with E-state index in [0.29, 0.717) is 32.7 Å². The Balaban J connectivity index is 1.68. The highest BCUT2D eigenvalue weighted by atomic mass is 16.7. The van der Waals surface area contributed by atoms with Crippen molar-refractivity contribution in [3.63, 3.8) is 0 Å². The Morgan fingerprint density at radius 3 is 2.34 bits per heavy atom. The molecule has 1 aliphatic rings. The van der Waals surface area contributed by atoms with Crippen LogP contribution in [0.5, 0.6) is 0 Å². The molecule has 0 aromatic heterocycles. The van der Waals surface area contributed by atoms with Crippen LogP contribution in [-0.4, -0.2) is 65.8 Å². The molecule has 0 aliphatic carbocycles. The maximum atomic E-state index is 13.0. The second-order valence-electron chi connectivity index (χ2n) is 8.83. The van der Waals surface area contributed by atoms with Crippen LogP contribution in [0.1, 0.15) is 42.5 Å². The summed E-state index contributed by atoms with van der Waals surface area (Å²) < 4.78 is 5.32. The lowest BCUT2D eigenvalue weighted by molar-refractivity contribution is -0.192. The number of rotatable bonds is 10. The zero-order valence-corrected chi connectivity index (χ0v) is 20.7. The molecule has 0 saturated carbocycles. The lowest BCUT2D eigenvalue weighted by atomic mass is 9.92. The Morgan fingerprint density at radius 1 is 1.14 bits per heavy atom. The van der Waals surface area contributed by atoms with Crippen molar-refractivity contribution in [3.05, 3.63) is 70.8 Å². The topological polar surface area (TPSA) is 91.3 Å². The second-order valence-corrected chi connectivity index (χ2v) is 8.83. The smallest absolute Gasteiger partial charge is 0.240 e. The SMILES string of the molecule is CCOCCCNC(=O)[C@H]1[C@@H](CO)[C@@H]([C@@H](C)O)ON1Cc1ccc(C#Cc2ccc(C)cc2)cc1. The van der Waals surface area contributed by atoms with Gasteiger partial charge in [-0.25, -0.2) is 0 Å². The standard InChI is InChI=1S/C28H36N2O5/c1-4-34-17-5-16-29-28(33)26-25(19-31)27(21(3)32)35-30(26)18-24-14-12-23(13-15-24)11-10-22-8-6-20(2)7-9-22/h6-9,12-15,21,25-27,31-32H,4-5,16-19H2,1-3H3,(H,29,33)/t21-,25-,26-,27-/m1/s1. The summed E-state index contributed by atoms with van der Waals surface area (Å²) in [5.74, 6) is 5.56. The summed E-state index contributed by atoms with van der Waals surface area (Å²) in [5.41, 5.74) is 3.97. The van der Waals surface area contributed by atoms with Gasteiger partial charge >= 0.3 is 0 Å². The third kappa shape index (κ3) is 7.63. The van der Waals surface area contributed by atoms with Crippen LogP contribution >= 0.6 is 0 Å². The number of benzene rings is 2. The molecule has 35 heavy (non-hydrogen) atoms. The molecule has 2 aromatic carbocycles. The zero-order chi connectivity index (χ0) is 25.2. The molecule has 1 aliphatic heterocycles. The first-order valence-electron chi connectivity index (χ1n) is 12.2. The van der Waals surface area contributed by atoms with Crippen molar-refractivity contribution in [1.82, 2.24) is 10.4 Å². The van der Waals surface area contributed by atoms with E-state index in [1.165, 1.54) is 5.56 Å². The van der Waals surface area contributed by atoms with E-state index in [2.05, 4.69) is 17.2 Å². The van der Waals surface area contributed by atoms with Gasteiger partial charge in [-0.2, -0.15) is 5.06 Å². The van der Waals surface area contributed by atoms with Gasteiger partial charge in [0.05, 0.1) is 19.3 Å². The quantitative estimate of drug-likeness (QED) is 0.357. The van der Waals surface area contributed by atoms with E-state index >= 15 is 0 Å². The van der Waals surface area contributed by atoms with Crippen LogP contribution in [0.2, 0.25) is 0 Å². The molecular formula is C28H36N2O5. The average molecular weight is 481 g/mol. The summed E-state index contributed by atoms with van der Waals surface area (Å²) in [4.78, 5) is 19.0. The third-order valence-electron chi connectivity index (χ3n) is 6.01. The maximum absolute atomic E-state index is 13.0. The zero-order valence-electron chi connectivity index (χ0n) is 20.7. The molecule has 2 aromatic rings. The normalized spacial score (nSPS) is 20.8. The van der Waals surface area contributed by atoms with Crippen LogP contribution in [0.25, 0.3) is 0 Å². The second kappa shape index (κ2) is 13.4. The number of hydrogen-bond donors (Lipinski definition) is 3. The first-order valence-corrected chi connectivity index (χ1v) is 12.2. The molecule has 1 heterocycles. The minimum Gasteiger partial charge on any atom is -0.396 e. The number of nitrogens with one attached hydrogen (secondary N) is 1. The number of hydroxylamine groups is 2. The van der Waals surface area contributed by atoms with Gasteiger partial charge < -0.3 is 20.3 Å². The van der Waals surface area contributed by atoms with Crippen molar-refractivity contribution >= 4 is 5.91 Å². The van der Waals surface area contributed by atoms with Gasteiger partial charge in [0, 0.05) is 36.8 Å². The molecular weight excluding hydrogens is 444 g/mol. The number of ether oxygens (including phenoxy) is 1. The number of amides is 1. The Bertz CT molecular complexity index is 995. The Morgan fingerprint density at radius 2 is 1.77 bits per heavy atom. The number of carbonyl (C=O) groups excluding carboxylic acids is 1. The number of hydrogen-bond acceptors (Lipinski definition) is 6. The van der Waals surface area contributed by atoms with Crippen LogP contribution in [-0.2, 0) is 20.9 Å². The van der Waals surface area contributed by atoms with Crippen molar-refractivity contribution in [1.29, 1.82) is 0 Å². The van der Waals surface area contributed by atoms with Crippen molar-refractivity contribution in [2.24, 2.45) is 5.92 Å². The van der Waals surface area contributed by atoms with Gasteiger partial charge in [-0.15, -0.1) is 0 Å². The van der Waals surface area contributed by atoms with E-state index in [4.69, 9.17) is 9.57 Å². The van der Waals surface area contributed by atoms with Gasteiger partial charge in [-0.3, -0.25) is 9.63 Å². The van der Waals surface area contributed by atoms with Crippen molar-refractivity contribution in [3.8, 4) is 11.8 Å². The van der Waals surface area contributed by atoms with Crippen molar-refractivity contribution in [2.75, 3.05) is 26.4 Å². The molecule has 3 rings (SSSR count). The van der Waals surface area contributed by atoms with Crippen LogP contribution in [0.15, 0.2) is 48.5 Å². The number of aryl methyl sites for hydroxylation is 1. The van der Waals surface area contributed by atoms with Crippen LogP contribution in [0.4, 0.5) is 0 Å². The fourth-order valence-electron chi connectivity index (χ4n) is 4.09. The van der Waals surface area contributed by atoms with Gasteiger partial charge in [0.1, 0.15) is 12.1 Å². The summed E-state index contributed by atoms with van der Waals surface area (Å²) in [6.45, 7) is 7.32. The fraction of sp³-hybridized carbons (Fsp3) is 0.464. The molecule has 1 saturated heterocycles. The summed E-state index contributed by atoms with van der Waals surface area (Å²) >= 11 is 0. The van der Waals surface area contributed by atoms with Crippen LogP contribution in [0, 0.1) is 24.7 Å². The summed E-state index contributed by atoms with van der Waals surface area (Å²) in [5, 5.41) is 24.7. The Labute approximate surface area is 208 Å². The van der Waals surface area contributed by atoms with E-state index < -0.39 is 24.2 Å². The first-order chi connectivity index (χ1) is 16.9. The number of nitrogens with zero attached hydrogens (tertiary/aromatic N) is 1. The number of aliphatic hydroxyl groups is 2. The van der Waals surface area contributed by atoms with E-state index in [1.807, 2.05) is 62.4 Å². The minimum atomic E-state index is -0.829. The van der Waals surface area contributed by atoms with E-state index in [1.54, 1.807) is 12.0 Å². The molecule has 0 radical (unpaired) electrons. The van der Waals surface area contributed by atoms with Gasteiger partial charge in [0.15, 0.2) is 0 Å². The van der Waals surface area contributed by atoms with E-state index in [-0.39, 0.29) is 12.5 Å². The highest BCUT2D eigenvalue weighted by Gasteiger charge is 2.48. The summed E-state index contributed by atoms with van der Waals surface area (Å²) in [6.07, 6.45) is -0.800. The summed E-state index contributed by atoms with van der Waals surface area (Å²) in [7, 11) is 0. The molecule has 1 amide bonds.